The first kappa shape index (κ1) is 88.8. The molecular weight excluding hydrogens is 1210 g/mol. The van der Waals surface area contributed by atoms with Crippen LogP contribution in [0, 0.1) is 0 Å². The fourth-order valence-corrected chi connectivity index (χ4v) is 11.5. The van der Waals surface area contributed by atoms with E-state index in [0.29, 0.717) is 25.7 Å². The molecule has 5 unspecified atom stereocenters. The Hall–Kier alpha value is -3.24. The Morgan fingerprint density at radius 2 is 0.565 bits per heavy atom. The molecule has 0 aromatic carbocycles. The molecule has 0 aliphatic carbocycles. The first-order chi connectivity index (χ1) is 44.7. The lowest BCUT2D eigenvalue weighted by Gasteiger charge is -2.21. The molecule has 0 fully saturated rings. The average molecular weight is 1340 g/mol. The maximum absolute atomic E-state index is 13.0. The molecular formula is C73H132O17P2. The second kappa shape index (κ2) is 66.4. The van der Waals surface area contributed by atoms with E-state index in [1.54, 1.807) is 0 Å². The van der Waals surface area contributed by atoms with Crippen molar-refractivity contribution in [3.63, 3.8) is 0 Å². The molecule has 0 radical (unpaired) electrons. The monoisotopic (exact) mass is 1340 g/mol. The van der Waals surface area contributed by atoms with Gasteiger partial charge in [0.15, 0.2) is 12.2 Å². The molecule has 19 heteroatoms. The Labute approximate surface area is 559 Å². The molecule has 0 aromatic heterocycles. The summed E-state index contributed by atoms with van der Waals surface area (Å²) < 4.78 is 68.3. The Morgan fingerprint density at radius 3 is 0.913 bits per heavy atom. The van der Waals surface area contributed by atoms with Crippen LogP contribution < -0.4 is 0 Å². The summed E-state index contributed by atoms with van der Waals surface area (Å²) in [7, 11) is -9.93. The smallest absolute Gasteiger partial charge is 0.462 e. The molecule has 0 saturated carbocycles. The molecule has 0 aliphatic heterocycles. The first-order valence-electron chi connectivity index (χ1n) is 36.5. The highest BCUT2D eigenvalue weighted by Gasteiger charge is 2.30. The lowest BCUT2D eigenvalue weighted by molar-refractivity contribution is -0.161. The number of carbonyl (C=O) groups excluding carboxylic acids is 4. The Balaban J connectivity index is 5.32. The average Bonchev–Trinajstić information content (AvgIpc) is 2.24. The topological polar surface area (TPSA) is 237 Å². The molecule has 0 rings (SSSR count). The summed E-state index contributed by atoms with van der Waals surface area (Å²) in [6.45, 7) is 4.71. The van der Waals surface area contributed by atoms with Crippen molar-refractivity contribution in [2.24, 2.45) is 0 Å². The predicted octanol–water partition coefficient (Wildman–Crippen LogP) is 20.3. The number of rotatable bonds is 69. The largest absolute Gasteiger partial charge is 0.472 e. The van der Waals surface area contributed by atoms with Crippen molar-refractivity contribution in [1.82, 2.24) is 0 Å². The number of ether oxygens (including phenoxy) is 4. The number of esters is 4. The number of aliphatic hydroxyl groups is 1. The fourth-order valence-electron chi connectivity index (χ4n) is 9.91. The van der Waals surface area contributed by atoms with E-state index < -0.39 is 97.5 Å². The Bertz CT molecular complexity index is 1990. The molecule has 3 N–H and O–H groups in total. The maximum atomic E-state index is 13.0. The van der Waals surface area contributed by atoms with Crippen molar-refractivity contribution in [3.8, 4) is 0 Å². The van der Waals surface area contributed by atoms with Gasteiger partial charge in [0, 0.05) is 25.7 Å². The van der Waals surface area contributed by atoms with Gasteiger partial charge in [0.2, 0.25) is 0 Å². The van der Waals surface area contributed by atoms with Gasteiger partial charge in [-0.1, -0.05) is 268 Å². The van der Waals surface area contributed by atoms with Gasteiger partial charge in [-0.2, -0.15) is 0 Å². The maximum Gasteiger partial charge on any atom is 0.472 e. The number of unbranched alkanes of at least 4 members (excludes halogenated alkanes) is 33. The van der Waals surface area contributed by atoms with Gasteiger partial charge in [0.25, 0.3) is 0 Å². The van der Waals surface area contributed by atoms with Gasteiger partial charge in [-0.3, -0.25) is 37.3 Å². The van der Waals surface area contributed by atoms with Crippen LogP contribution in [0.2, 0.25) is 0 Å². The number of aliphatic hydroxyl groups excluding tert-OH is 1. The van der Waals surface area contributed by atoms with Crippen LogP contribution in [0.5, 0.6) is 0 Å². The van der Waals surface area contributed by atoms with Crippen LogP contribution in [0.15, 0.2) is 60.8 Å². The summed E-state index contributed by atoms with van der Waals surface area (Å²) in [5.74, 6) is -2.21. The predicted molar refractivity (Wildman–Crippen MR) is 372 cm³/mol. The number of hydrogen-bond acceptors (Lipinski definition) is 15. The van der Waals surface area contributed by atoms with Gasteiger partial charge in [-0.25, -0.2) is 9.13 Å². The SMILES string of the molecule is CC/C=C\C/C=C\C/C=C\C/C=C\CCCCC(=O)OCC(COP(=O)(O)OCC(O)COP(=O)(O)OCC(COC(=O)CCCCCCC/C=C\CCCCCC)OC(=O)CCCCCCCCCCCCCCC)OC(=O)CCCCCCCCCCCCC. The lowest BCUT2D eigenvalue weighted by Crippen LogP contribution is -2.30. The first-order valence-corrected chi connectivity index (χ1v) is 39.5. The van der Waals surface area contributed by atoms with E-state index in [2.05, 4.69) is 88.5 Å². The number of phosphoric acid groups is 2. The molecule has 5 atom stereocenters. The zero-order chi connectivity index (χ0) is 67.5. The number of carbonyl (C=O) groups is 4. The van der Waals surface area contributed by atoms with Crippen LogP contribution >= 0.6 is 15.6 Å². The van der Waals surface area contributed by atoms with E-state index in [9.17, 15) is 43.2 Å². The van der Waals surface area contributed by atoms with Crippen LogP contribution in [0.3, 0.4) is 0 Å². The van der Waals surface area contributed by atoms with E-state index in [4.69, 9.17) is 37.0 Å². The highest BCUT2D eigenvalue weighted by molar-refractivity contribution is 7.47. The van der Waals surface area contributed by atoms with Gasteiger partial charge in [-0.05, 0) is 89.9 Å². The summed E-state index contributed by atoms with van der Waals surface area (Å²) >= 11 is 0. The molecule has 0 aromatic rings. The van der Waals surface area contributed by atoms with E-state index in [-0.39, 0.29) is 25.7 Å². The Kier molecular flexibility index (Phi) is 64.0. The van der Waals surface area contributed by atoms with Crippen molar-refractivity contribution in [2.75, 3.05) is 39.6 Å². The normalized spacial score (nSPS) is 14.4. The van der Waals surface area contributed by atoms with E-state index in [1.807, 2.05) is 0 Å². The highest BCUT2D eigenvalue weighted by Crippen LogP contribution is 2.45. The fraction of sp³-hybridized carbons (Fsp3) is 0.808. The lowest BCUT2D eigenvalue weighted by atomic mass is 10.0. The van der Waals surface area contributed by atoms with Crippen molar-refractivity contribution in [2.45, 2.75) is 341 Å². The van der Waals surface area contributed by atoms with Crippen LogP contribution in [-0.2, 0) is 65.4 Å². The third kappa shape index (κ3) is 65.4. The standard InChI is InChI=1S/C73H132O17P2/c1-5-9-13-17-21-25-29-32-33-36-39-42-46-50-54-58-71(76)84-63-68(89-72(77)59-55-51-47-43-37-28-24-20-16-12-8-4)65-87-91(79,80)85-61-67(74)62-86-92(81,82)88-66-69(90-73(78)60-56-52-48-44-40-35-31-27-23-19-15-11-7-3)64-83-70(75)57-53-49-45-41-38-34-30-26-22-18-14-10-6-2/h9,13,21,25-26,30,32-33,39,42,67-69,74H,5-8,10-12,14-20,22-24,27-29,31,34-38,40-41,43-66H2,1-4H3,(H,79,80)(H,81,82)/b13-9-,25-21-,30-26-,33-32-,42-39-. The highest BCUT2D eigenvalue weighted by atomic mass is 31.2. The Morgan fingerprint density at radius 1 is 0.315 bits per heavy atom. The molecule has 0 heterocycles. The van der Waals surface area contributed by atoms with Crippen molar-refractivity contribution < 1.29 is 80.2 Å². The minimum absolute atomic E-state index is 0.0910. The zero-order valence-electron chi connectivity index (χ0n) is 58.2. The van der Waals surface area contributed by atoms with Crippen molar-refractivity contribution in [3.05, 3.63) is 60.8 Å². The van der Waals surface area contributed by atoms with Crippen LogP contribution in [0.25, 0.3) is 0 Å². The molecule has 0 aliphatic rings. The third-order valence-corrected chi connectivity index (χ3v) is 17.4. The number of hydrogen-bond donors (Lipinski definition) is 3. The summed E-state index contributed by atoms with van der Waals surface area (Å²) in [4.78, 5) is 72.6. The van der Waals surface area contributed by atoms with Gasteiger partial charge in [0.1, 0.15) is 19.3 Å². The van der Waals surface area contributed by atoms with Gasteiger partial charge in [0.05, 0.1) is 26.4 Å². The summed E-state index contributed by atoms with van der Waals surface area (Å²) in [5, 5.41) is 10.6. The van der Waals surface area contributed by atoms with Crippen LogP contribution in [-0.4, -0.2) is 96.7 Å². The molecule has 17 nitrogen and oxygen atoms in total. The zero-order valence-corrected chi connectivity index (χ0v) is 60.0. The summed E-state index contributed by atoms with van der Waals surface area (Å²) in [5.41, 5.74) is 0. The number of phosphoric ester groups is 2. The third-order valence-electron chi connectivity index (χ3n) is 15.5. The second-order valence-electron chi connectivity index (χ2n) is 24.5. The minimum Gasteiger partial charge on any atom is -0.462 e. The van der Waals surface area contributed by atoms with Crippen LogP contribution in [0.1, 0.15) is 323 Å². The van der Waals surface area contributed by atoms with Crippen LogP contribution in [0.4, 0.5) is 0 Å². The quantitative estimate of drug-likeness (QED) is 0.0169. The van der Waals surface area contributed by atoms with Crippen molar-refractivity contribution >= 4 is 39.5 Å². The second-order valence-corrected chi connectivity index (χ2v) is 27.4. The molecule has 0 bridgehead atoms. The van der Waals surface area contributed by atoms with Gasteiger partial charge >= 0.3 is 39.5 Å². The van der Waals surface area contributed by atoms with Crippen molar-refractivity contribution in [1.29, 1.82) is 0 Å². The summed E-state index contributed by atoms with van der Waals surface area (Å²) in [6, 6.07) is 0. The summed E-state index contributed by atoms with van der Waals surface area (Å²) in [6.07, 6.45) is 62.3. The molecule has 0 saturated heterocycles. The van der Waals surface area contributed by atoms with E-state index in [0.717, 1.165) is 128 Å². The molecule has 0 spiro atoms. The molecule has 92 heavy (non-hydrogen) atoms. The number of allylic oxidation sites excluding steroid dienone is 10. The molecule has 536 valence electrons. The molecule has 0 amide bonds. The van der Waals surface area contributed by atoms with E-state index >= 15 is 0 Å². The van der Waals surface area contributed by atoms with E-state index in [1.165, 1.54) is 116 Å². The van der Waals surface area contributed by atoms with Gasteiger partial charge < -0.3 is 33.8 Å². The van der Waals surface area contributed by atoms with Gasteiger partial charge in [-0.15, -0.1) is 0 Å². The minimum atomic E-state index is -4.97.